The zero-order valence-electron chi connectivity index (χ0n) is 8.69. The Bertz CT molecular complexity index is 392. The van der Waals surface area contributed by atoms with Crippen LogP contribution in [0.3, 0.4) is 0 Å². The van der Waals surface area contributed by atoms with Crippen LogP contribution in [0.1, 0.15) is 18.4 Å². The van der Waals surface area contributed by atoms with Crippen molar-refractivity contribution in [3.63, 3.8) is 0 Å². The molecule has 0 aliphatic rings. The Morgan fingerprint density at radius 1 is 1.40 bits per heavy atom. The van der Waals surface area contributed by atoms with Crippen LogP contribution in [-0.2, 0) is 6.54 Å². The number of rotatable bonds is 5. The van der Waals surface area contributed by atoms with Gasteiger partial charge in [0.05, 0.1) is 10.6 Å². The van der Waals surface area contributed by atoms with Crippen LogP contribution < -0.4 is 5.32 Å². The lowest BCUT2D eigenvalue weighted by molar-refractivity contribution is 0.673. The maximum absolute atomic E-state index is 4.59. The SMILES string of the molecule is CCCNCc1nc(-c2cccs2)cs1. The predicted molar refractivity (Wildman–Crippen MR) is 67.4 cm³/mol. The molecule has 0 aliphatic heterocycles. The molecule has 0 saturated heterocycles. The molecular formula is C11H14N2S2. The second kappa shape index (κ2) is 5.39. The van der Waals surface area contributed by atoms with Crippen molar-refractivity contribution in [2.45, 2.75) is 19.9 Å². The van der Waals surface area contributed by atoms with Gasteiger partial charge in [-0.3, -0.25) is 0 Å². The smallest absolute Gasteiger partial charge is 0.107 e. The highest BCUT2D eigenvalue weighted by molar-refractivity contribution is 7.14. The predicted octanol–water partition coefficient (Wildman–Crippen LogP) is 3.37. The highest BCUT2D eigenvalue weighted by Gasteiger charge is 2.04. The van der Waals surface area contributed by atoms with Crippen LogP contribution in [0.25, 0.3) is 10.6 Å². The van der Waals surface area contributed by atoms with Gasteiger partial charge in [0.2, 0.25) is 0 Å². The van der Waals surface area contributed by atoms with E-state index < -0.39 is 0 Å². The Morgan fingerprint density at radius 2 is 2.33 bits per heavy atom. The van der Waals surface area contributed by atoms with Crippen molar-refractivity contribution in [1.29, 1.82) is 0 Å². The normalized spacial score (nSPS) is 10.7. The molecule has 2 heterocycles. The Hall–Kier alpha value is -0.710. The number of nitrogens with zero attached hydrogens (tertiary/aromatic N) is 1. The van der Waals surface area contributed by atoms with E-state index in [0.717, 1.165) is 18.8 Å². The molecule has 0 amide bonds. The molecule has 0 bridgehead atoms. The first kappa shape index (κ1) is 10.8. The Kier molecular flexibility index (Phi) is 3.88. The van der Waals surface area contributed by atoms with Crippen LogP contribution in [0.4, 0.5) is 0 Å². The maximum atomic E-state index is 4.59. The number of thiazole rings is 1. The van der Waals surface area contributed by atoms with Crippen molar-refractivity contribution in [2.24, 2.45) is 0 Å². The van der Waals surface area contributed by atoms with Crippen molar-refractivity contribution < 1.29 is 0 Å². The highest BCUT2D eigenvalue weighted by Crippen LogP contribution is 2.25. The maximum Gasteiger partial charge on any atom is 0.107 e. The van der Waals surface area contributed by atoms with E-state index in [1.165, 1.54) is 16.3 Å². The second-order valence-corrected chi connectivity index (χ2v) is 5.17. The van der Waals surface area contributed by atoms with E-state index >= 15 is 0 Å². The van der Waals surface area contributed by atoms with Gasteiger partial charge in [-0.15, -0.1) is 22.7 Å². The van der Waals surface area contributed by atoms with Crippen molar-refractivity contribution >= 4 is 22.7 Å². The number of thiophene rings is 1. The van der Waals surface area contributed by atoms with Gasteiger partial charge in [0.15, 0.2) is 0 Å². The minimum absolute atomic E-state index is 0.893. The number of hydrogen-bond acceptors (Lipinski definition) is 4. The summed E-state index contributed by atoms with van der Waals surface area (Å²) in [4.78, 5) is 5.85. The van der Waals surface area contributed by atoms with Gasteiger partial charge in [0.1, 0.15) is 5.01 Å². The molecule has 0 unspecified atom stereocenters. The van der Waals surface area contributed by atoms with Gasteiger partial charge in [-0.25, -0.2) is 4.98 Å². The zero-order valence-corrected chi connectivity index (χ0v) is 10.3. The standard InChI is InChI=1S/C11H14N2S2/c1-2-5-12-7-11-13-9(8-15-11)10-4-3-6-14-10/h3-4,6,8,12H,2,5,7H2,1H3. The average molecular weight is 238 g/mol. The minimum Gasteiger partial charge on any atom is -0.310 e. The van der Waals surface area contributed by atoms with E-state index in [1.807, 2.05) is 0 Å². The van der Waals surface area contributed by atoms with Crippen LogP contribution in [0, 0.1) is 0 Å². The molecule has 80 valence electrons. The third-order valence-corrected chi connectivity index (χ3v) is 3.77. The van der Waals surface area contributed by atoms with Gasteiger partial charge in [0, 0.05) is 11.9 Å². The van der Waals surface area contributed by atoms with Crippen molar-refractivity contribution in [1.82, 2.24) is 10.3 Å². The summed E-state index contributed by atoms with van der Waals surface area (Å²) in [7, 11) is 0. The molecule has 2 nitrogen and oxygen atoms in total. The molecule has 0 radical (unpaired) electrons. The Balaban J connectivity index is 1.98. The number of hydrogen-bond donors (Lipinski definition) is 1. The van der Waals surface area contributed by atoms with Crippen LogP contribution in [0.15, 0.2) is 22.9 Å². The highest BCUT2D eigenvalue weighted by atomic mass is 32.1. The lowest BCUT2D eigenvalue weighted by atomic mass is 10.4. The topological polar surface area (TPSA) is 24.9 Å². The summed E-state index contributed by atoms with van der Waals surface area (Å²) in [6, 6.07) is 4.18. The molecule has 2 aromatic heterocycles. The second-order valence-electron chi connectivity index (χ2n) is 3.28. The van der Waals surface area contributed by atoms with E-state index in [-0.39, 0.29) is 0 Å². The fourth-order valence-corrected chi connectivity index (χ4v) is 2.83. The van der Waals surface area contributed by atoms with Gasteiger partial charge in [-0.05, 0) is 24.4 Å². The fourth-order valence-electron chi connectivity index (χ4n) is 1.30. The Labute approximate surface area is 98.0 Å². The first-order valence-electron chi connectivity index (χ1n) is 5.09. The van der Waals surface area contributed by atoms with Crippen LogP contribution in [-0.4, -0.2) is 11.5 Å². The molecule has 1 N–H and O–H groups in total. The van der Waals surface area contributed by atoms with E-state index in [9.17, 15) is 0 Å². The first-order valence-corrected chi connectivity index (χ1v) is 6.85. The molecular weight excluding hydrogens is 224 g/mol. The molecule has 4 heteroatoms. The molecule has 15 heavy (non-hydrogen) atoms. The van der Waals surface area contributed by atoms with Gasteiger partial charge in [-0.2, -0.15) is 0 Å². The Morgan fingerprint density at radius 3 is 3.07 bits per heavy atom. The first-order chi connectivity index (χ1) is 7.40. The molecule has 0 atom stereocenters. The molecule has 0 fully saturated rings. The number of aromatic nitrogens is 1. The quantitative estimate of drug-likeness (QED) is 0.808. The number of nitrogens with one attached hydrogen (secondary N) is 1. The fraction of sp³-hybridized carbons (Fsp3) is 0.364. The monoisotopic (exact) mass is 238 g/mol. The molecule has 0 aromatic carbocycles. The van der Waals surface area contributed by atoms with Gasteiger partial charge in [0.25, 0.3) is 0 Å². The summed E-state index contributed by atoms with van der Waals surface area (Å²) in [6.07, 6.45) is 1.17. The molecule has 0 saturated carbocycles. The van der Waals surface area contributed by atoms with Crippen LogP contribution >= 0.6 is 22.7 Å². The van der Waals surface area contributed by atoms with Crippen LogP contribution in [0.2, 0.25) is 0 Å². The summed E-state index contributed by atoms with van der Waals surface area (Å²) < 4.78 is 0. The third-order valence-electron chi connectivity index (χ3n) is 2.03. The van der Waals surface area contributed by atoms with E-state index in [2.05, 4.69) is 40.1 Å². The van der Waals surface area contributed by atoms with E-state index in [4.69, 9.17) is 0 Å². The van der Waals surface area contributed by atoms with Crippen LogP contribution in [0.5, 0.6) is 0 Å². The third kappa shape index (κ3) is 2.87. The van der Waals surface area contributed by atoms with Crippen molar-refractivity contribution in [2.75, 3.05) is 6.54 Å². The van der Waals surface area contributed by atoms with Crippen molar-refractivity contribution in [3.05, 3.63) is 27.9 Å². The van der Waals surface area contributed by atoms with Gasteiger partial charge in [-0.1, -0.05) is 13.0 Å². The van der Waals surface area contributed by atoms with E-state index in [0.29, 0.717) is 0 Å². The summed E-state index contributed by atoms with van der Waals surface area (Å²) in [6.45, 7) is 4.13. The molecule has 2 aromatic rings. The molecule has 2 rings (SSSR count). The summed E-state index contributed by atoms with van der Waals surface area (Å²) in [5, 5.41) is 8.76. The molecule has 0 spiro atoms. The lowest BCUT2D eigenvalue weighted by Gasteiger charge is -1.97. The van der Waals surface area contributed by atoms with E-state index in [1.54, 1.807) is 22.7 Å². The van der Waals surface area contributed by atoms with Crippen molar-refractivity contribution in [3.8, 4) is 10.6 Å². The summed E-state index contributed by atoms with van der Waals surface area (Å²) in [5.74, 6) is 0. The zero-order chi connectivity index (χ0) is 10.5. The minimum atomic E-state index is 0.893. The summed E-state index contributed by atoms with van der Waals surface area (Å²) in [5.41, 5.74) is 1.11. The molecule has 0 aliphatic carbocycles. The lowest BCUT2D eigenvalue weighted by Crippen LogP contribution is -2.13. The average Bonchev–Trinajstić information content (AvgIpc) is 2.87. The van der Waals surface area contributed by atoms with Gasteiger partial charge < -0.3 is 5.32 Å². The largest absolute Gasteiger partial charge is 0.310 e. The van der Waals surface area contributed by atoms with Gasteiger partial charge >= 0.3 is 0 Å². The summed E-state index contributed by atoms with van der Waals surface area (Å²) >= 11 is 3.47.